The van der Waals surface area contributed by atoms with Crippen molar-refractivity contribution in [1.29, 1.82) is 0 Å². The molecule has 0 aliphatic carbocycles. The van der Waals surface area contributed by atoms with E-state index in [-0.39, 0.29) is 17.4 Å². The summed E-state index contributed by atoms with van der Waals surface area (Å²) >= 11 is 0. The van der Waals surface area contributed by atoms with Gasteiger partial charge >= 0.3 is 0 Å². The number of amides is 1. The van der Waals surface area contributed by atoms with E-state index in [2.05, 4.69) is 5.32 Å². The first-order valence-corrected chi connectivity index (χ1v) is 7.10. The molecule has 0 heterocycles. The first-order chi connectivity index (χ1) is 9.37. The van der Waals surface area contributed by atoms with Crippen molar-refractivity contribution in [2.24, 2.45) is 11.7 Å². The molecule has 4 nitrogen and oxygen atoms in total. The normalized spacial score (nSPS) is 12.8. The van der Waals surface area contributed by atoms with Crippen LogP contribution in [0.25, 0.3) is 0 Å². The molecule has 0 bridgehead atoms. The standard InChI is InChI=1S/C16H26N2O2/c1-5-20-14-9-7-6-8-12(14)10-13(11-17)15(19)18-16(2,3)4/h6-9,13H,5,10-11,17H2,1-4H3,(H,18,19). The fourth-order valence-electron chi connectivity index (χ4n) is 1.99. The maximum absolute atomic E-state index is 12.2. The zero-order valence-corrected chi connectivity index (χ0v) is 12.9. The summed E-state index contributed by atoms with van der Waals surface area (Å²) in [4.78, 5) is 12.2. The molecule has 1 aromatic rings. The number of carbonyl (C=O) groups excluding carboxylic acids is 1. The van der Waals surface area contributed by atoms with Gasteiger partial charge in [-0.15, -0.1) is 0 Å². The Kier molecular flexibility index (Phi) is 6.02. The van der Waals surface area contributed by atoms with Crippen LogP contribution < -0.4 is 15.8 Å². The van der Waals surface area contributed by atoms with Crippen molar-refractivity contribution in [2.45, 2.75) is 39.7 Å². The maximum atomic E-state index is 12.2. The minimum atomic E-state index is -0.246. The van der Waals surface area contributed by atoms with Crippen LogP contribution in [0, 0.1) is 5.92 Å². The number of benzene rings is 1. The van der Waals surface area contributed by atoms with Crippen LogP contribution in [0.3, 0.4) is 0 Å². The van der Waals surface area contributed by atoms with Gasteiger partial charge in [0.05, 0.1) is 12.5 Å². The molecular formula is C16H26N2O2. The highest BCUT2D eigenvalue weighted by Gasteiger charge is 2.23. The molecule has 0 aromatic heterocycles. The van der Waals surface area contributed by atoms with Crippen LogP contribution in [0.4, 0.5) is 0 Å². The van der Waals surface area contributed by atoms with Gasteiger partial charge in [-0.2, -0.15) is 0 Å². The Morgan fingerprint density at radius 2 is 2.00 bits per heavy atom. The lowest BCUT2D eigenvalue weighted by molar-refractivity contribution is -0.126. The van der Waals surface area contributed by atoms with Gasteiger partial charge in [-0.05, 0) is 45.7 Å². The van der Waals surface area contributed by atoms with Crippen molar-refractivity contribution in [2.75, 3.05) is 13.2 Å². The largest absolute Gasteiger partial charge is 0.494 e. The van der Waals surface area contributed by atoms with E-state index >= 15 is 0 Å². The Morgan fingerprint density at radius 3 is 2.55 bits per heavy atom. The highest BCUT2D eigenvalue weighted by molar-refractivity contribution is 5.80. The molecule has 112 valence electrons. The van der Waals surface area contributed by atoms with E-state index in [1.54, 1.807) is 0 Å². The molecule has 0 fully saturated rings. The molecule has 0 radical (unpaired) electrons. The zero-order valence-electron chi connectivity index (χ0n) is 12.9. The topological polar surface area (TPSA) is 64.3 Å². The molecule has 0 saturated heterocycles. The van der Waals surface area contributed by atoms with E-state index < -0.39 is 0 Å². The number of carbonyl (C=O) groups is 1. The highest BCUT2D eigenvalue weighted by Crippen LogP contribution is 2.21. The number of hydrogen-bond donors (Lipinski definition) is 2. The third kappa shape index (κ3) is 5.21. The molecule has 4 heteroatoms. The van der Waals surface area contributed by atoms with Gasteiger partial charge in [-0.25, -0.2) is 0 Å². The monoisotopic (exact) mass is 278 g/mol. The summed E-state index contributed by atoms with van der Waals surface area (Å²) in [5, 5.41) is 2.98. The number of ether oxygens (including phenoxy) is 1. The molecule has 0 aliphatic heterocycles. The zero-order chi connectivity index (χ0) is 15.2. The van der Waals surface area contributed by atoms with Crippen LogP contribution in [0.5, 0.6) is 5.75 Å². The summed E-state index contributed by atoms with van der Waals surface area (Å²) in [6, 6.07) is 7.79. The predicted octanol–water partition coefficient (Wildman–Crippen LogP) is 2.12. The van der Waals surface area contributed by atoms with Crippen molar-refractivity contribution in [3.63, 3.8) is 0 Å². The van der Waals surface area contributed by atoms with Crippen LogP contribution in [-0.4, -0.2) is 24.6 Å². The Bertz CT molecular complexity index is 438. The minimum absolute atomic E-state index is 0.00805. The lowest BCUT2D eigenvalue weighted by Crippen LogP contribution is -2.46. The van der Waals surface area contributed by atoms with E-state index in [1.165, 1.54) is 0 Å². The second-order valence-corrected chi connectivity index (χ2v) is 5.92. The smallest absolute Gasteiger partial charge is 0.225 e. The van der Waals surface area contributed by atoms with Gasteiger partial charge in [0.1, 0.15) is 5.75 Å². The summed E-state index contributed by atoms with van der Waals surface area (Å²) in [6.07, 6.45) is 0.592. The summed E-state index contributed by atoms with van der Waals surface area (Å²) in [6.45, 7) is 8.77. The average Bonchev–Trinajstić information content (AvgIpc) is 2.35. The SMILES string of the molecule is CCOc1ccccc1CC(CN)C(=O)NC(C)(C)C. The minimum Gasteiger partial charge on any atom is -0.494 e. The predicted molar refractivity (Wildman–Crippen MR) is 81.8 cm³/mol. The van der Waals surface area contributed by atoms with Gasteiger partial charge in [-0.1, -0.05) is 18.2 Å². The van der Waals surface area contributed by atoms with E-state index in [0.29, 0.717) is 19.6 Å². The molecule has 1 amide bonds. The van der Waals surface area contributed by atoms with E-state index in [1.807, 2.05) is 52.0 Å². The van der Waals surface area contributed by atoms with Crippen molar-refractivity contribution in [1.82, 2.24) is 5.32 Å². The first-order valence-electron chi connectivity index (χ1n) is 7.10. The summed E-state index contributed by atoms with van der Waals surface area (Å²) in [5.74, 6) is 0.583. The molecule has 0 aliphatic rings. The van der Waals surface area contributed by atoms with Gasteiger partial charge in [0.2, 0.25) is 5.91 Å². The molecule has 1 rings (SSSR count). The van der Waals surface area contributed by atoms with E-state index in [0.717, 1.165) is 11.3 Å². The number of rotatable bonds is 6. The van der Waals surface area contributed by atoms with Crippen LogP contribution >= 0.6 is 0 Å². The third-order valence-corrected chi connectivity index (χ3v) is 2.89. The summed E-state index contributed by atoms with van der Waals surface area (Å²) in [7, 11) is 0. The van der Waals surface area contributed by atoms with E-state index in [9.17, 15) is 4.79 Å². The number of para-hydroxylation sites is 1. The van der Waals surface area contributed by atoms with Crippen LogP contribution in [0.1, 0.15) is 33.3 Å². The third-order valence-electron chi connectivity index (χ3n) is 2.89. The number of nitrogens with two attached hydrogens (primary N) is 1. The number of nitrogens with one attached hydrogen (secondary N) is 1. The van der Waals surface area contributed by atoms with Gasteiger partial charge in [-0.3, -0.25) is 4.79 Å². The molecule has 0 saturated carbocycles. The first kappa shape index (κ1) is 16.5. The fourth-order valence-corrected chi connectivity index (χ4v) is 1.99. The molecule has 1 unspecified atom stereocenters. The second kappa shape index (κ2) is 7.29. The molecular weight excluding hydrogens is 252 g/mol. The Hall–Kier alpha value is -1.55. The van der Waals surface area contributed by atoms with Gasteiger partial charge in [0.15, 0.2) is 0 Å². The number of hydrogen-bond acceptors (Lipinski definition) is 3. The molecule has 1 aromatic carbocycles. The van der Waals surface area contributed by atoms with E-state index in [4.69, 9.17) is 10.5 Å². The summed E-state index contributed by atoms with van der Waals surface area (Å²) < 4.78 is 5.59. The molecule has 3 N–H and O–H groups in total. The Morgan fingerprint density at radius 1 is 1.35 bits per heavy atom. The van der Waals surface area contributed by atoms with Crippen molar-refractivity contribution in [3.8, 4) is 5.75 Å². The van der Waals surface area contributed by atoms with Crippen LogP contribution in [0.2, 0.25) is 0 Å². The van der Waals surface area contributed by atoms with Crippen molar-refractivity contribution in [3.05, 3.63) is 29.8 Å². The van der Waals surface area contributed by atoms with Gasteiger partial charge in [0.25, 0.3) is 0 Å². The molecule has 1 atom stereocenters. The van der Waals surface area contributed by atoms with Crippen molar-refractivity contribution >= 4 is 5.91 Å². The second-order valence-electron chi connectivity index (χ2n) is 5.92. The highest BCUT2D eigenvalue weighted by atomic mass is 16.5. The Labute approximate surface area is 121 Å². The molecule has 0 spiro atoms. The maximum Gasteiger partial charge on any atom is 0.225 e. The van der Waals surface area contributed by atoms with Gasteiger partial charge in [0, 0.05) is 12.1 Å². The quantitative estimate of drug-likeness (QED) is 0.837. The fraction of sp³-hybridized carbons (Fsp3) is 0.562. The van der Waals surface area contributed by atoms with Crippen molar-refractivity contribution < 1.29 is 9.53 Å². The lowest BCUT2D eigenvalue weighted by Gasteiger charge is -2.24. The summed E-state index contributed by atoms with van der Waals surface area (Å²) in [5.41, 5.74) is 6.54. The lowest BCUT2D eigenvalue weighted by atomic mass is 9.96. The van der Waals surface area contributed by atoms with Crippen LogP contribution in [-0.2, 0) is 11.2 Å². The average molecular weight is 278 g/mol. The Balaban J connectivity index is 2.80. The van der Waals surface area contributed by atoms with Gasteiger partial charge < -0.3 is 15.8 Å². The van der Waals surface area contributed by atoms with Crippen LogP contribution in [0.15, 0.2) is 24.3 Å². The molecule has 20 heavy (non-hydrogen) atoms.